The fraction of sp³-hybridized carbons (Fsp3) is 0.533. The largest absolute Gasteiger partial charge is 0.268 e. The van der Waals surface area contributed by atoms with E-state index in [-0.39, 0.29) is 10.4 Å². The molecule has 1 fully saturated rings. The molecule has 3 rings (SSSR count). The molecule has 0 saturated heterocycles. The Kier molecular flexibility index (Phi) is 5.07. The average Bonchev–Trinajstić information content (AvgIpc) is 2.94. The van der Waals surface area contributed by atoms with E-state index in [1.165, 1.54) is 11.3 Å². The minimum Gasteiger partial charge on any atom is -0.224 e. The quantitative estimate of drug-likeness (QED) is 0.888. The number of benzene rings is 1. The third-order valence-corrected chi connectivity index (χ3v) is 8.11. The van der Waals surface area contributed by atoms with Crippen molar-refractivity contribution in [2.45, 2.75) is 48.2 Å². The first-order chi connectivity index (χ1) is 10.6. The number of para-hydroxylation sites is 1. The van der Waals surface area contributed by atoms with Crippen molar-refractivity contribution in [1.29, 1.82) is 0 Å². The Morgan fingerprint density at radius 2 is 2.00 bits per heavy atom. The van der Waals surface area contributed by atoms with E-state index >= 15 is 0 Å². The molecule has 0 spiro atoms. The maximum absolute atomic E-state index is 12.5. The lowest BCUT2D eigenvalue weighted by atomic mass is 9.96. The monoisotopic (exact) mass is 356 g/mol. The van der Waals surface area contributed by atoms with Crippen LogP contribution in [0, 0.1) is 0 Å². The molecule has 0 amide bonds. The van der Waals surface area contributed by atoms with Crippen molar-refractivity contribution in [2.75, 3.05) is 5.75 Å². The third-order valence-electron chi connectivity index (χ3n) is 3.90. The van der Waals surface area contributed by atoms with Crippen LogP contribution >= 0.6 is 23.1 Å². The molecular formula is C15H20N2O2S3. The number of sulfonamides is 1. The van der Waals surface area contributed by atoms with Gasteiger partial charge in [-0.05, 0) is 43.6 Å². The summed E-state index contributed by atoms with van der Waals surface area (Å²) >= 11 is 3.22. The second-order valence-electron chi connectivity index (χ2n) is 5.50. The van der Waals surface area contributed by atoms with Crippen LogP contribution in [0.2, 0.25) is 0 Å². The van der Waals surface area contributed by atoms with E-state index < -0.39 is 10.0 Å². The highest BCUT2D eigenvalue weighted by Gasteiger charge is 2.27. The zero-order valence-corrected chi connectivity index (χ0v) is 14.9. The first kappa shape index (κ1) is 16.2. The van der Waals surface area contributed by atoms with Gasteiger partial charge in [0.2, 0.25) is 4.34 Å². The number of fused-ring (bicyclic) bond motifs is 1. The molecule has 0 aliphatic heterocycles. The predicted molar refractivity (Wildman–Crippen MR) is 94.1 cm³/mol. The predicted octanol–water partition coefficient (Wildman–Crippen LogP) is 3.64. The first-order valence-electron chi connectivity index (χ1n) is 7.58. The molecule has 1 saturated carbocycles. The summed E-state index contributed by atoms with van der Waals surface area (Å²) in [7, 11) is -3.50. The van der Waals surface area contributed by atoms with Crippen LogP contribution in [0.1, 0.15) is 32.6 Å². The zero-order valence-electron chi connectivity index (χ0n) is 12.5. The standard InChI is InChI=1S/C15H20N2O2S3/c1-2-20-12-9-7-11(8-10-12)17-22(18,19)15-16-13-5-3-4-6-14(13)21-15/h3-6,11-12,17H,2,7-10H2,1H3. The molecule has 22 heavy (non-hydrogen) atoms. The molecule has 2 aromatic rings. The molecule has 0 atom stereocenters. The molecule has 1 heterocycles. The highest BCUT2D eigenvalue weighted by Crippen LogP contribution is 2.30. The van der Waals surface area contributed by atoms with E-state index in [4.69, 9.17) is 0 Å². The van der Waals surface area contributed by atoms with Gasteiger partial charge in [-0.3, -0.25) is 0 Å². The molecule has 0 radical (unpaired) electrons. The van der Waals surface area contributed by atoms with Crippen molar-refractivity contribution in [1.82, 2.24) is 9.71 Å². The van der Waals surface area contributed by atoms with Crippen molar-refractivity contribution in [2.24, 2.45) is 0 Å². The maximum Gasteiger partial charge on any atom is 0.268 e. The third kappa shape index (κ3) is 3.64. The van der Waals surface area contributed by atoms with Gasteiger partial charge in [-0.2, -0.15) is 11.8 Å². The maximum atomic E-state index is 12.5. The highest BCUT2D eigenvalue weighted by atomic mass is 32.2. The molecule has 0 bridgehead atoms. The minimum absolute atomic E-state index is 0.0470. The van der Waals surface area contributed by atoms with Crippen molar-refractivity contribution in [3.05, 3.63) is 24.3 Å². The van der Waals surface area contributed by atoms with Crippen LogP contribution in [0.5, 0.6) is 0 Å². The van der Waals surface area contributed by atoms with Crippen LogP contribution in [0.15, 0.2) is 28.6 Å². The summed E-state index contributed by atoms with van der Waals surface area (Å²) in [6.45, 7) is 2.17. The van der Waals surface area contributed by atoms with Gasteiger partial charge in [-0.15, -0.1) is 11.3 Å². The van der Waals surface area contributed by atoms with Crippen molar-refractivity contribution in [3.8, 4) is 0 Å². The zero-order chi connectivity index (χ0) is 15.6. The van der Waals surface area contributed by atoms with E-state index in [2.05, 4.69) is 16.6 Å². The summed E-state index contributed by atoms with van der Waals surface area (Å²) < 4.78 is 29.0. The van der Waals surface area contributed by atoms with E-state index in [9.17, 15) is 8.42 Å². The van der Waals surface area contributed by atoms with Crippen LogP contribution < -0.4 is 4.72 Å². The molecule has 7 heteroatoms. The van der Waals surface area contributed by atoms with Crippen LogP contribution in [0.25, 0.3) is 10.2 Å². The number of nitrogens with zero attached hydrogens (tertiary/aromatic N) is 1. The lowest BCUT2D eigenvalue weighted by Crippen LogP contribution is -2.38. The first-order valence-corrected chi connectivity index (χ1v) is 10.9. The Balaban J connectivity index is 1.69. The second kappa shape index (κ2) is 6.86. The van der Waals surface area contributed by atoms with Gasteiger partial charge in [0, 0.05) is 11.3 Å². The summed E-state index contributed by atoms with van der Waals surface area (Å²) in [5, 5.41) is 0.688. The summed E-state index contributed by atoms with van der Waals surface area (Å²) in [5.41, 5.74) is 0.746. The van der Waals surface area contributed by atoms with Crippen molar-refractivity contribution >= 4 is 43.3 Å². The van der Waals surface area contributed by atoms with Crippen LogP contribution in [0.3, 0.4) is 0 Å². The molecule has 1 aromatic heterocycles. The fourth-order valence-corrected chi connectivity index (χ4v) is 6.44. The number of hydrogen-bond acceptors (Lipinski definition) is 5. The number of aromatic nitrogens is 1. The Morgan fingerprint density at radius 3 is 2.68 bits per heavy atom. The molecule has 1 aliphatic rings. The molecule has 4 nitrogen and oxygen atoms in total. The van der Waals surface area contributed by atoms with Gasteiger partial charge >= 0.3 is 0 Å². The molecule has 1 aromatic carbocycles. The van der Waals surface area contributed by atoms with Gasteiger partial charge < -0.3 is 0 Å². The van der Waals surface area contributed by atoms with E-state index in [1.54, 1.807) is 0 Å². The Hall–Kier alpha value is -0.630. The Bertz CT molecular complexity index is 701. The molecule has 0 unspecified atom stereocenters. The second-order valence-corrected chi connectivity index (χ2v) is 9.99. The lowest BCUT2D eigenvalue weighted by molar-refractivity contribution is 0.419. The minimum atomic E-state index is -3.50. The number of hydrogen-bond donors (Lipinski definition) is 1. The van der Waals surface area contributed by atoms with Crippen LogP contribution in [-0.4, -0.2) is 30.4 Å². The van der Waals surface area contributed by atoms with Crippen molar-refractivity contribution < 1.29 is 8.42 Å². The molecule has 1 N–H and O–H groups in total. The van der Waals surface area contributed by atoms with E-state index in [0.29, 0.717) is 5.25 Å². The van der Waals surface area contributed by atoms with Gasteiger partial charge in [0.25, 0.3) is 10.0 Å². The summed E-state index contributed by atoms with van der Waals surface area (Å²) in [4.78, 5) is 4.26. The van der Waals surface area contributed by atoms with Gasteiger partial charge in [-0.1, -0.05) is 19.1 Å². The number of rotatable bonds is 5. The number of thioether (sulfide) groups is 1. The van der Waals surface area contributed by atoms with Gasteiger partial charge in [0.15, 0.2) is 0 Å². The summed E-state index contributed by atoms with van der Waals surface area (Å²) in [5.74, 6) is 1.13. The number of thiazole rings is 1. The smallest absolute Gasteiger partial charge is 0.224 e. The lowest BCUT2D eigenvalue weighted by Gasteiger charge is -2.28. The Morgan fingerprint density at radius 1 is 1.27 bits per heavy atom. The number of nitrogens with one attached hydrogen (secondary N) is 1. The highest BCUT2D eigenvalue weighted by molar-refractivity contribution is 7.99. The van der Waals surface area contributed by atoms with Gasteiger partial charge in [0.1, 0.15) is 0 Å². The molecular weight excluding hydrogens is 336 g/mol. The summed E-state index contributed by atoms with van der Waals surface area (Å²) in [6.07, 6.45) is 4.01. The molecule has 120 valence electrons. The fourth-order valence-electron chi connectivity index (χ4n) is 2.82. The SMILES string of the molecule is CCSC1CCC(NS(=O)(=O)c2nc3ccccc3s2)CC1. The van der Waals surface area contributed by atoms with Crippen LogP contribution in [0.4, 0.5) is 0 Å². The van der Waals surface area contributed by atoms with E-state index in [0.717, 1.165) is 41.7 Å². The van der Waals surface area contributed by atoms with Crippen LogP contribution in [-0.2, 0) is 10.0 Å². The average molecular weight is 357 g/mol. The van der Waals surface area contributed by atoms with E-state index in [1.807, 2.05) is 36.0 Å². The normalized spacial score (nSPS) is 23.0. The summed E-state index contributed by atoms with van der Waals surface area (Å²) in [6, 6.07) is 7.57. The Labute approximate surface area is 139 Å². The topological polar surface area (TPSA) is 59.1 Å². The van der Waals surface area contributed by atoms with Gasteiger partial charge in [-0.25, -0.2) is 18.1 Å². The molecule has 1 aliphatic carbocycles. The van der Waals surface area contributed by atoms with Gasteiger partial charge in [0.05, 0.1) is 10.2 Å². The van der Waals surface area contributed by atoms with Crippen molar-refractivity contribution in [3.63, 3.8) is 0 Å².